The molecule has 0 aromatic carbocycles. The Morgan fingerprint density at radius 2 is 2.06 bits per heavy atom. The molecule has 0 spiro atoms. The van der Waals surface area contributed by atoms with Crippen LogP contribution >= 0.6 is 0 Å². The predicted octanol–water partition coefficient (Wildman–Crippen LogP) is 1.33. The average Bonchev–Trinajstić information content (AvgIpc) is 2.26. The van der Waals surface area contributed by atoms with Gasteiger partial charge in [-0.3, -0.25) is 0 Å². The lowest BCUT2D eigenvalue weighted by molar-refractivity contribution is 0.686. The molecular formula is C12H23N5. The Balaban J connectivity index is 2.64. The first kappa shape index (κ1) is 13.7. The highest BCUT2D eigenvalue weighted by Gasteiger charge is 2.06. The lowest BCUT2D eigenvalue weighted by Gasteiger charge is -2.20. The van der Waals surface area contributed by atoms with Gasteiger partial charge in [0.05, 0.1) is 0 Å². The van der Waals surface area contributed by atoms with Gasteiger partial charge in [0.1, 0.15) is 18.0 Å². The molecule has 1 heterocycles. The van der Waals surface area contributed by atoms with Crippen molar-refractivity contribution < 1.29 is 0 Å². The molecule has 5 heteroatoms. The first-order valence-electron chi connectivity index (χ1n) is 6.01. The molecule has 1 aromatic rings. The van der Waals surface area contributed by atoms with Crippen LogP contribution in [0.4, 0.5) is 11.6 Å². The van der Waals surface area contributed by atoms with Gasteiger partial charge in [-0.25, -0.2) is 9.97 Å². The fraction of sp³-hybridized carbons (Fsp3) is 0.667. The molecule has 0 saturated heterocycles. The second kappa shape index (κ2) is 6.39. The first-order valence-corrected chi connectivity index (χ1v) is 6.01. The van der Waals surface area contributed by atoms with Crippen LogP contribution in [0.5, 0.6) is 0 Å². The number of aromatic nitrogens is 2. The molecule has 1 atom stereocenters. The molecule has 0 aliphatic rings. The number of hydrogen-bond acceptors (Lipinski definition) is 5. The monoisotopic (exact) mass is 237 g/mol. The van der Waals surface area contributed by atoms with Gasteiger partial charge in [0.25, 0.3) is 0 Å². The fourth-order valence-corrected chi connectivity index (χ4v) is 1.49. The van der Waals surface area contributed by atoms with E-state index in [4.69, 9.17) is 5.73 Å². The molecule has 0 saturated carbocycles. The Labute approximate surface area is 103 Å². The average molecular weight is 237 g/mol. The summed E-state index contributed by atoms with van der Waals surface area (Å²) in [6.07, 6.45) is 1.58. The molecule has 0 bridgehead atoms. The van der Waals surface area contributed by atoms with E-state index in [1.165, 1.54) is 0 Å². The minimum absolute atomic E-state index is 0.127. The Hall–Kier alpha value is -1.36. The number of likely N-dealkylation sites (N-methyl/N-ethyl adjacent to an activating group) is 1. The van der Waals surface area contributed by atoms with E-state index in [1.807, 2.05) is 24.9 Å². The summed E-state index contributed by atoms with van der Waals surface area (Å²) in [5.41, 5.74) is 5.77. The quantitative estimate of drug-likeness (QED) is 0.781. The van der Waals surface area contributed by atoms with Crippen molar-refractivity contribution in [1.82, 2.24) is 9.97 Å². The van der Waals surface area contributed by atoms with E-state index in [-0.39, 0.29) is 6.04 Å². The third kappa shape index (κ3) is 4.99. The molecule has 0 radical (unpaired) electrons. The van der Waals surface area contributed by atoms with Crippen LogP contribution in [0.2, 0.25) is 0 Å². The molecule has 0 fully saturated rings. The number of hydrogen-bond donors (Lipinski definition) is 2. The van der Waals surface area contributed by atoms with Crippen molar-refractivity contribution in [2.45, 2.75) is 26.8 Å². The molecule has 1 aromatic heterocycles. The summed E-state index contributed by atoms with van der Waals surface area (Å²) in [5.74, 6) is 2.35. The molecule has 1 unspecified atom stereocenters. The summed E-state index contributed by atoms with van der Waals surface area (Å²) in [7, 11) is 1.98. The third-order valence-corrected chi connectivity index (χ3v) is 2.30. The molecule has 0 aliphatic carbocycles. The Morgan fingerprint density at radius 1 is 1.35 bits per heavy atom. The van der Waals surface area contributed by atoms with Gasteiger partial charge in [-0.05, 0) is 12.8 Å². The largest absolute Gasteiger partial charge is 0.370 e. The molecule has 17 heavy (non-hydrogen) atoms. The number of nitrogens with zero attached hydrogens (tertiary/aromatic N) is 3. The lowest BCUT2D eigenvalue weighted by atomic mass is 10.2. The van der Waals surface area contributed by atoms with E-state index in [0.717, 1.165) is 24.7 Å². The van der Waals surface area contributed by atoms with Gasteiger partial charge in [-0.15, -0.1) is 0 Å². The molecule has 96 valence electrons. The molecular weight excluding hydrogens is 214 g/mol. The molecule has 1 rings (SSSR count). The van der Waals surface area contributed by atoms with Gasteiger partial charge in [-0.1, -0.05) is 13.8 Å². The van der Waals surface area contributed by atoms with Gasteiger partial charge in [-0.2, -0.15) is 0 Å². The van der Waals surface area contributed by atoms with Crippen LogP contribution in [-0.2, 0) is 0 Å². The highest BCUT2D eigenvalue weighted by molar-refractivity contribution is 5.47. The second-order valence-corrected chi connectivity index (χ2v) is 4.89. The van der Waals surface area contributed by atoms with E-state index in [9.17, 15) is 0 Å². The highest BCUT2D eigenvalue weighted by Crippen LogP contribution is 2.12. The van der Waals surface area contributed by atoms with Gasteiger partial charge in [0.15, 0.2) is 0 Å². The second-order valence-electron chi connectivity index (χ2n) is 4.89. The normalized spacial score (nSPS) is 12.6. The maximum atomic E-state index is 5.77. The number of nitrogens with one attached hydrogen (secondary N) is 1. The van der Waals surface area contributed by atoms with Crippen LogP contribution in [0.3, 0.4) is 0 Å². The standard InChI is InChI=1S/C12H23N5/c1-9(2)6-14-11-5-12(16-8-15-11)17(4)7-10(3)13/h5,8-10H,6-7,13H2,1-4H3,(H,14,15,16). The zero-order chi connectivity index (χ0) is 12.8. The van der Waals surface area contributed by atoms with E-state index >= 15 is 0 Å². The minimum Gasteiger partial charge on any atom is -0.370 e. The van der Waals surface area contributed by atoms with Crippen molar-refractivity contribution in [3.8, 4) is 0 Å². The Morgan fingerprint density at radius 3 is 2.65 bits per heavy atom. The zero-order valence-electron chi connectivity index (χ0n) is 11.1. The van der Waals surface area contributed by atoms with Gasteiger partial charge < -0.3 is 16.0 Å². The van der Waals surface area contributed by atoms with Gasteiger partial charge in [0.2, 0.25) is 0 Å². The van der Waals surface area contributed by atoms with Gasteiger partial charge in [0, 0.05) is 32.2 Å². The van der Waals surface area contributed by atoms with Crippen LogP contribution in [-0.4, -0.2) is 36.1 Å². The van der Waals surface area contributed by atoms with Crippen LogP contribution in [0.25, 0.3) is 0 Å². The maximum absolute atomic E-state index is 5.77. The number of nitrogens with two attached hydrogens (primary N) is 1. The third-order valence-electron chi connectivity index (χ3n) is 2.30. The minimum atomic E-state index is 0.127. The van der Waals surface area contributed by atoms with E-state index in [1.54, 1.807) is 6.33 Å². The van der Waals surface area contributed by atoms with Crippen LogP contribution in [0.15, 0.2) is 12.4 Å². The van der Waals surface area contributed by atoms with Crippen molar-refractivity contribution in [3.63, 3.8) is 0 Å². The van der Waals surface area contributed by atoms with Crippen LogP contribution < -0.4 is 16.0 Å². The summed E-state index contributed by atoms with van der Waals surface area (Å²) in [4.78, 5) is 10.5. The van der Waals surface area contributed by atoms with E-state index in [0.29, 0.717) is 5.92 Å². The maximum Gasteiger partial charge on any atom is 0.133 e. The summed E-state index contributed by atoms with van der Waals surface area (Å²) in [5, 5.41) is 3.28. The van der Waals surface area contributed by atoms with Crippen LogP contribution in [0.1, 0.15) is 20.8 Å². The van der Waals surface area contributed by atoms with Crippen molar-refractivity contribution >= 4 is 11.6 Å². The topological polar surface area (TPSA) is 67.1 Å². The van der Waals surface area contributed by atoms with Crippen molar-refractivity contribution in [2.24, 2.45) is 11.7 Å². The summed E-state index contributed by atoms with van der Waals surface area (Å²) in [6.45, 7) is 8.00. The SMILES string of the molecule is CC(C)CNc1cc(N(C)CC(C)N)ncn1. The number of anilines is 2. The number of rotatable bonds is 6. The fourth-order valence-electron chi connectivity index (χ4n) is 1.49. The summed E-state index contributed by atoms with van der Waals surface area (Å²) >= 11 is 0. The predicted molar refractivity (Wildman–Crippen MR) is 72.3 cm³/mol. The molecule has 5 nitrogen and oxygen atoms in total. The van der Waals surface area contributed by atoms with Crippen LogP contribution in [0, 0.1) is 5.92 Å². The van der Waals surface area contributed by atoms with E-state index in [2.05, 4.69) is 29.1 Å². The Kier molecular flexibility index (Phi) is 5.15. The molecule has 0 aliphatic heterocycles. The van der Waals surface area contributed by atoms with E-state index < -0.39 is 0 Å². The summed E-state index contributed by atoms with van der Waals surface area (Å²) < 4.78 is 0. The molecule has 3 N–H and O–H groups in total. The van der Waals surface area contributed by atoms with Crippen molar-refractivity contribution in [3.05, 3.63) is 12.4 Å². The van der Waals surface area contributed by atoms with Crippen molar-refractivity contribution in [2.75, 3.05) is 30.4 Å². The molecule has 0 amide bonds. The smallest absolute Gasteiger partial charge is 0.133 e. The van der Waals surface area contributed by atoms with Gasteiger partial charge >= 0.3 is 0 Å². The zero-order valence-corrected chi connectivity index (χ0v) is 11.1. The highest BCUT2D eigenvalue weighted by atomic mass is 15.2. The first-order chi connectivity index (χ1) is 7.99. The Bertz CT molecular complexity index is 337. The van der Waals surface area contributed by atoms with Crippen molar-refractivity contribution in [1.29, 1.82) is 0 Å². The summed E-state index contributed by atoms with van der Waals surface area (Å²) in [6, 6.07) is 2.08. The lowest BCUT2D eigenvalue weighted by Crippen LogP contribution is -2.33.